The summed E-state index contributed by atoms with van der Waals surface area (Å²) >= 11 is 3.37. The molecule has 8 heteroatoms. The van der Waals surface area contributed by atoms with Gasteiger partial charge in [-0.15, -0.1) is 0 Å². The Balaban J connectivity index is 1.82. The van der Waals surface area contributed by atoms with E-state index in [2.05, 4.69) is 21.2 Å². The van der Waals surface area contributed by atoms with Crippen LogP contribution in [0.15, 0.2) is 51.8 Å². The van der Waals surface area contributed by atoms with Crippen LogP contribution in [0.3, 0.4) is 0 Å². The van der Waals surface area contributed by atoms with Gasteiger partial charge < -0.3 is 10.1 Å². The van der Waals surface area contributed by atoms with Gasteiger partial charge in [0.1, 0.15) is 10.6 Å². The first-order valence-corrected chi connectivity index (χ1v) is 11.4. The lowest BCUT2D eigenvalue weighted by Crippen LogP contribution is -2.28. The summed E-state index contributed by atoms with van der Waals surface area (Å²) in [5, 5.41) is 2.79. The molecule has 1 aliphatic rings. The van der Waals surface area contributed by atoms with E-state index in [1.54, 1.807) is 19.1 Å². The molecule has 0 aromatic heterocycles. The molecule has 0 unspecified atom stereocenters. The minimum atomic E-state index is -3.66. The predicted molar refractivity (Wildman–Crippen MR) is 112 cm³/mol. The van der Waals surface area contributed by atoms with Gasteiger partial charge in [0.25, 0.3) is 0 Å². The molecule has 1 heterocycles. The van der Waals surface area contributed by atoms with Crippen molar-refractivity contribution in [3.63, 3.8) is 0 Å². The molecular weight excluding hydrogens is 444 g/mol. The van der Waals surface area contributed by atoms with Crippen molar-refractivity contribution in [3.05, 3.63) is 52.5 Å². The molecule has 0 spiro atoms. The number of sulfonamides is 1. The van der Waals surface area contributed by atoms with Gasteiger partial charge in [-0.2, -0.15) is 4.31 Å². The van der Waals surface area contributed by atoms with Gasteiger partial charge in [-0.3, -0.25) is 4.79 Å². The van der Waals surface area contributed by atoms with E-state index >= 15 is 0 Å². The minimum absolute atomic E-state index is 0.0951. The van der Waals surface area contributed by atoms with Crippen LogP contribution in [0.1, 0.15) is 25.3 Å². The molecule has 0 bridgehead atoms. The molecule has 1 fully saturated rings. The van der Waals surface area contributed by atoms with E-state index < -0.39 is 10.0 Å². The van der Waals surface area contributed by atoms with Crippen molar-refractivity contribution in [2.45, 2.75) is 31.1 Å². The zero-order chi connectivity index (χ0) is 20.1. The molecule has 0 radical (unpaired) electrons. The number of carbonyl (C=O) groups excluding carboxylic acids is 1. The largest absolute Gasteiger partial charge is 0.492 e. The lowest BCUT2D eigenvalue weighted by atomic mass is 10.1. The Morgan fingerprint density at radius 1 is 1.14 bits per heavy atom. The summed E-state index contributed by atoms with van der Waals surface area (Å²) < 4.78 is 34.0. The van der Waals surface area contributed by atoms with E-state index in [0.29, 0.717) is 31.1 Å². The van der Waals surface area contributed by atoms with Crippen molar-refractivity contribution in [1.29, 1.82) is 0 Å². The third kappa shape index (κ3) is 4.92. The average molecular weight is 467 g/mol. The zero-order valence-electron chi connectivity index (χ0n) is 15.7. The molecule has 1 saturated heterocycles. The van der Waals surface area contributed by atoms with Gasteiger partial charge in [0.05, 0.1) is 13.0 Å². The van der Waals surface area contributed by atoms with E-state index in [4.69, 9.17) is 4.74 Å². The Hall–Kier alpha value is -1.90. The van der Waals surface area contributed by atoms with E-state index in [1.165, 1.54) is 10.4 Å². The lowest BCUT2D eigenvalue weighted by Gasteiger charge is -2.19. The fraction of sp³-hybridized carbons (Fsp3) is 0.350. The van der Waals surface area contributed by atoms with Crippen molar-refractivity contribution in [1.82, 2.24) is 4.31 Å². The highest BCUT2D eigenvalue weighted by Crippen LogP contribution is 2.31. The molecular formula is C20H23BrN2O4S. The van der Waals surface area contributed by atoms with Gasteiger partial charge in [0.2, 0.25) is 15.9 Å². The highest BCUT2D eigenvalue weighted by Gasteiger charge is 2.30. The summed E-state index contributed by atoms with van der Waals surface area (Å²) in [6.07, 6.45) is 1.91. The molecule has 0 atom stereocenters. The number of nitrogens with zero attached hydrogens (tertiary/aromatic N) is 1. The van der Waals surface area contributed by atoms with Crippen molar-refractivity contribution >= 4 is 37.5 Å². The fourth-order valence-electron chi connectivity index (χ4n) is 3.12. The van der Waals surface area contributed by atoms with E-state index in [-0.39, 0.29) is 17.2 Å². The highest BCUT2D eigenvalue weighted by molar-refractivity contribution is 9.10. The summed E-state index contributed by atoms with van der Waals surface area (Å²) in [5.74, 6) is 0.0938. The van der Waals surface area contributed by atoms with Crippen LogP contribution in [-0.4, -0.2) is 38.3 Å². The highest BCUT2D eigenvalue weighted by atomic mass is 79.9. The van der Waals surface area contributed by atoms with Gasteiger partial charge in [-0.1, -0.05) is 28.1 Å². The molecule has 150 valence electrons. The van der Waals surface area contributed by atoms with Crippen LogP contribution in [0.4, 0.5) is 5.69 Å². The maximum atomic E-state index is 13.0. The van der Waals surface area contributed by atoms with Gasteiger partial charge in [0, 0.05) is 23.2 Å². The molecule has 1 aliphatic heterocycles. The van der Waals surface area contributed by atoms with Crippen molar-refractivity contribution in [2.75, 3.05) is 25.0 Å². The van der Waals surface area contributed by atoms with Crippen LogP contribution in [0.2, 0.25) is 0 Å². The molecule has 28 heavy (non-hydrogen) atoms. The number of nitrogens with one attached hydrogen (secondary N) is 1. The van der Waals surface area contributed by atoms with Gasteiger partial charge >= 0.3 is 0 Å². The Morgan fingerprint density at radius 3 is 2.46 bits per heavy atom. The maximum absolute atomic E-state index is 13.0. The number of hydrogen-bond acceptors (Lipinski definition) is 4. The Labute approximate surface area is 174 Å². The van der Waals surface area contributed by atoms with E-state index in [1.807, 2.05) is 24.3 Å². The second-order valence-electron chi connectivity index (χ2n) is 6.56. The van der Waals surface area contributed by atoms with Crippen LogP contribution < -0.4 is 10.1 Å². The SMILES string of the molecule is CCOc1ccc(NC(=O)Cc2ccc(Br)cc2)cc1S(=O)(=O)N1CCCC1. The first kappa shape index (κ1) is 20.8. The van der Waals surface area contributed by atoms with Gasteiger partial charge in [-0.05, 0) is 55.7 Å². The number of amides is 1. The number of carbonyl (C=O) groups is 1. The van der Waals surface area contributed by atoms with Crippen LogP contribution in [0.25, 0.3) is 0 Å². The topological polar surface area (TPSA) is 75.7 Å². The quantitative estimate of drug-likeness (QED) is 0.672. The Kier molecular flexibility index (Phi) is 6.74. The first-order valence-electron chi connectivity index (χ1n) is 9.21. The van der Waals surface area contributed by atoms with Crippen molar-refractivity contribution in [2.24, 2.45) is 0 Å². The zero-order valence-corrected chi connectivity index (χ0v) is 18.1. The number of ether oxygens (including phenoxy) is 1. The smallest absolute Gasteiger partial charge is 0.246 e. The van der Waals surface area contributed by atoms with Crippen molar-refractivity contribution < 1.29 is 17.9 Å². The normalized spacial score (nSPS) is 14.8. The molecule has 3 rings (SSSR count). The fourth-order valence-corrected chi connectivity index (χ4v) is 5.06. The molecule has 2 aromatic rings. The predicted octanol–water partition coefficient (Wildman–Crippen LogP) is 3.81. The van der Waals surface area contributed by atoms with E-state index in [9.17, 15) is 13.2 Å². The maximum Gasteiger partial charge on any atom is 0.246 e. The molecule has 0 saturated carbocycles. The number of rotatable bonds is 7. The number of anilines is 1. The number of hydrogen-bond donors (Lipinski definition) is 1. The third-order valence-electron chi connectivity index (χ3n) is 4.49. The van der Waals surface area contributed by atoms with Crippen molar-refractivity contribution in [3.8, 4) is 5.75 Å². The standard InChI is InChI=1S/C20H23BrN2O4S/c1-2-27-18-10-9-17(14-19(18)28(25,26)23-11-3-4-12-23)22-20(24)13-15-5-7-16(21)8-6-15/h5-10,14H,2-4,11-13H2,1H3,(H,22,24). The second kappa shape index (κ2) is 9.07. The van der Waals surface area contributed by atoms with Crippen LogP contribution >= 0.6 is 15.9 Å². The molecule has 2 aromatic carbocycles. The van der Waals surface area contributed by atoms with Crippen LogP contribution in [0, 0.1) is 0 Å². The van der Waals surface area contributed by atoms with Crippen LogP contribution in [-0.2, 0) is 21.2 Å². The number of benzene rings is 2. The molecule has 0 aliphatic carbocycles. The molecule has 1 amide bonds. The average Bonchev–Trinajstić information content (AvgIpc) is 3.20. The summed E-state index contributed by atoms with van der Waals surface area (Å²) in [5.41, 5.74) is 1.31. The molecule has 1 N–H and O–H groups in total. The summed E-state index contributed by atoms with van der Waals surface area (Å²) in [6.45, 7) is 3.18. The third-order valence-corrected chi connectivity index (χ3v) is 6.94. The summed E-state index contributed by atoms with van der Waals surface area (Å²) in [4.78, 5) is 12.5. The van der Waals surface area contributed by atoms with E-state index in [0.717, 1.165) is 22.9 Å². The van der Waals surface area contributed by atoms with Gasteiger partial charge in [-0.25, -0.2) is 8.42 Å². The first-order chi connectivity index (χ1) is 13.4. The monoisotopic (exact) mass is 466 g/mol. The lowest BCUT2D eigenvalue weighted by molar-refractivity contribution is -0.115. The summed E-state index contributed by atoms with van der Waals surface area (Å²) in [7, 11) is -3.66. The van der Waals surface area contributed by atoms with Crippen LogP contribution in [0.5, 0.6) is 5.75 Å². The minimum Gasteiger partial charge on any atom is -0.492 e. The second-order valence-corrected chi connectivity index (χ2v) is 9.38. The summed E-state index contributed by atoms with van der Waals surface area (Å²) in [6, 6.07) is 12.2. The number of halogens is 1. The molecule has 6 nitrogen and oxygen atoms in total. The van der Waals surface area contributed by atoms with Gasteiger partial charge in [0.15, 0.2) is 0 Å². The Morgan fingerprint density at radius 2 is 1.82 bits per heavy atom. The Bertz CT molecular complexity index is 939.